The number of unbranched alkanes of at least 4 members (excludes halogenated alkanes) is 2. The maximum absolute atomic E-state index is 13.4. The van der Waals surface area contributed by atoms with E-state index in [1.165, 1.54) is 5.56 Å². The zero-order valence-corrected chi connectivity index (χ0v) is 23.5. The summed E-state index contributed by atoms with van der Waals surface area (Å²) in [5, 5.41) is 12.4. The van der Waals surface area contributed by atoms with Gasteiger partial charge in [-0.2, -0.15) is 11.8 Å². The minimum Gasteiger partial charge on any atom is -0.480 e. The molecule has 2 aromatic carbocycles. The second-order valence-electron chi connectivity index (χ2n) is 9.43. The number of carboxylic acids is 1. The van der Waals surface area contributed by atoms with Gasteiger partial charge in [0.1, 0.15) is 6.04 Å². The molecule has 0 radical (unpaired) electrons. The summed E-state index contributed by atoms with van der Waals surface area (Å²) in [6, 6.07) is 13.6. The van der Waals surface area contributed by atoms with Crippen molar-refractivity contribution in [3.8, 4) is 11.1 Å². The second-order valence-corrected chi connectivity index (χ2v) is 10.4. The molecule has 6 heteroatoms. The number of aliphatic carboxylic acids is 1. The lowest BCUT2D eigenvalue weighted by Crippen LogP contribution is -2.41. The first-order valence-corrected chi connectivity index (χ1v) is 14.7. The fraction of sp³-hybridized carbons (Fsp3) is 0.533. The molecular formula is C30H44N2O3S. The number of hydrogen-bond donors (Lipinski definition) is 2. The Balaban J connectivity index is 2.52. The molecule has 2 rings (SSSR count). The molecule has 198 valence electrons. The number of carbonyl (C=O) groups is 2. The lowest BCUT2D eigenvalue weighted by molar-refractivity contribution is -0.139. The Bertz CT molecular complexity index is 970. The van der Waals surface area contributed by atoms with Crippen molar-refractivity contribution in [2.45, 2.75) is 78.3 Å². The maximum Gasteiger partial charge on any atom is 0.326 e. The van der Waals surface area contributed by atoms with Gasteiger partial charge in [-0.1, -0.05) is 63.9 Å². The summed E-state index contributed by atoms with van der Waals surface area (Å²) in [5.74, 6) is -0.667. The van der Waals surface area contributed by atoms with Crippen LogP contribution in [0.4, 0.5) is 0 Å². The monoisotopic (exact) mass is 512 g/mol. The number of thioether (sulfide) groups is 1. The summed E-state index contributed by atoms with van der Waals surface area (Å²) in [5.41, 5.74) is 4.68. The van der Waals surface area contributed by atoms with Gasteiger partial charge in [0.05, 0.1) is 0 Å². The maximum atomic E-state index is 13.4. The van der Waals surface area contributed by atoms with Crippen molar-refractivity contribution in [3.63, 3.8) is 0 Å². The largest absolute Gasteiger partial charge is 0.480 e. The van der Waals surface area contributed by atoms with Gasteiger partial charge in [0.25, 0.3) is 5.91 Å². The van der Waals surface area contributed by atoms with E-state index in [9.17, 15) is 14.7 Å². The normalized spacial score (nSPS) is 12.9. The van der Waals surface area contributed by atoms with Gasteiger partial charge in [-0.25, -0.2) is 4.79 Å². The van der Waals surface area contributed by atoms with E-state index in [-0.39, 0.29) is 11.9 Å². The molecule has 0 saturated heterocycles. The molecule has 0 spiro atoms. The van der Waals surface area contributed by atoms with Crippen LogP contribution in [0.25, 0.3) is 11.1 Å². The molecule has 2 aromatic rings. The van der Waals surface area contributed by atoms with Crippen molar-refractivity contribution >= 4 is 23.6 Å². The highest BCUT2D eigenvalue weighted by molar-refractivity contribution is 7.98. The minimum atomic E-state index is -1.00. The molecule has 0 heterocycles. The van der Waals surface area contributed by atoms with Gasteiger partial charge in [-0.15, -0.1) is 0 Å². The highest BCUT2D eigenvalue weighted by atomic mass is 32.2. The molecule has 5 nitrogen and oxygen atoms in total. The first kappa shape index (κ1) is 29.9. The molecule has 0 saturated carbocycles. The Kier molecular flexibility index (Phi) is 13.1. The van der Waals surface area contributed by atoms with Crippen LogP contribution < -0.4 is 5.32 Å². The predicted molar refractivity (Wildman–Crippen MR) is 153 cm³/mol. The SMILES string of the molecule is CCCCN(CCCC)C(CC)c1ccc(C(=O)NC(CCSC)C(=O)O)c(-c2ccccc2C)c1. The molecule has 0 aliphatic rings. The van der Waals surface area contributed by atoms with Gasteiger partial charge < -0.3 is 10.4 Å². The van der Waals surface area contributed by atoms with Gasteiger partial charge in [0.15, 0.2) is 0 Å². The Morgan fingerprint density at radius 1 is 1.00 bits per heavy atom. The van der Waals surface area contributed by atoms with Gasteiger partial charge in [0, 0.05) is 11.6 Å². The smallest absolute Gasteiger partial charge is 0.326 e. The van der Waals surface area contributed by atoms with E-state index in [1.807, 2.05) is 43.5 Å². The number of nitrogens with one attached hydrogen (secondary N) is 1. The zero-order chi connectivity index (χ0) is 26.5. The summed E-state index contributed by atoms with van der Waals surface area (Å²) >= 11 is 1.57. The second kappa shape index (κ2) is 15.7. The van der Waals surface area contributed by atoms with Crippen LogP contribution in [0.1, 0.15) is 86.8 Å². The molecule has 0 aliphatic carbocycles. The fourth-order valence-corrected chi connectivity index (χ4v) is 5.12. The number of rotatable bonds is 16. The third-order valence-electron chi connectivity index (χ3n) is 6.75. The summed E-state index contributed by atoms with van der Waals surface area (Å²) in [4.78, 5) is 27.8. The van der Waals surface area contributed by atoms with Crippen molar-refractivity contribution in [1.82, 2.24) is 10.2 Å². The fourth-order valence-electron chi connectivity index (χ4n) is 4.64. The van der Waals surface area contributed by atoms with Crippen LogP contribution in [0.15, 0.2) is 42.5 Å². The minimum absolute atomic E-state index is 0.274. The van der Waals surface area contributed by atoms with Gasteiger partial charge in [0.2, 0.25) is 0 Å². The summed E-state index contributed by atoms with van der Waals surface area (Å²) in [6.45, 7) is 10.9. The summed E-state index contributed by atoms with van der Waals surface area (Å²) in [7, 11) is 0. The number of carbonyl (C=O) groups excluding carboxylic acids is 1. The topological polar surface area (TPSA) is 69.6 Å². The summed E-state index contributed by atoms with van der Waals surface area (Å²) < 4.78 is 0. The molecule has 2 unspecified atom stereocenters. The first-order chi connectivity index (χ1) is 17.4. The number of carboxylic acid groups (broad SMARTS) is 1. The molecular weight excluding hydrogens is 468 g/mol. The molecule has 2 atom stereocenters. The average Bonchev–Trinajstić information content (AvgIpc) is 2.88. The average molecular weight is 513 g/mol. The number of amides is 1. The van der Waals surface area contributed by atoms with Crippen LogP contribution >= 0.6 is 11.8 Å². The lowest BCUT2D eigenvalue weighted by Gasteiger charge is -2.32. The summed E-state index contributed by atoms with van der Waals surface area (Å²) in [6.07, 6.45) is 7.96. The lowest BCUT2D eigenvalue weighted by atomic mass is 9.90. The van der Waals surface area contributed by atoms with Crippen molar-refractivity contribution in [3.05, 3.63) is 59.2 Å². The number of benzene rings is 2. The molecule has 36 heavy (non-hydrogen) atoms. The van der Waals surface area contributed by atoms with E-state index < -0.39 is 12.0 Å². The number of aryl methyl sites for hydroxylation is 1. The highest BCUT2D eigenvalue weighted by Gasteiger charge is 2.25. The van der Waals surface area contributed by atoms with E-state index in [1.54, 1.807) is 11.8 Å². The van der Waals surface area contributed by atoms with Crippen LogP contribution in [-0.4, -0.2) is 53.0 Å². The molecule has 1 amide bonds. The van der Waals surface area contributed by atoms with Crippen LogP contribution in [0.5, 0.6) is 0 Å². The molecule has 0 aliphatic heterocycles. The molecule has 0 aromatic heterocycles. The predicted octanol–water partition coefficient (Wildman–Crippen LogP) is 6.95. The number of hydrogen-bond acceptors (Lipinski definition) is 4. The van der Waals surface area contributed by atoms with Crippen LogP contribution in [0.3, 0.4) is 0 Å². The van der Waals surface area contributed by atoms with Crippen molar-refractivity contribution in [2.24, 2.45) is 0 Å². The van der Waals surface area contributed by atoms with Gasteiger partial charge in [-0.3, -0.25) is 9.69 Å². The first-order valence-electron chi connectivity index (χ1n) is 13.3. The molecule has 0 fully saturated rings. The van der Waals surface area contributed by atoms with E-state index >= 15 is 0 Å². The quantitative estimate of drug-likeness (QED) is 0.255. The van der Waals surface area contributed by atoms with E-state index in [0.717, 1.165) is 61.9 Å². The van der Waals surface area contributed by atoms with E-state index in [0.29, 0.717) is 17.7 Å². The Labute approximate surface area is 222 Å². The van der Waals surface area contributed by atoms with Gasteiger partial charge >= 0.3 is 5.97 Å². The van der Waals surface area contributed by atoms with Crippen molar-refractivity contribution in [1.29, 1.82) is 0 Å². The Morgan fingerprint density at radius 3 is 2.22 bits per heavy atom. The number of nitrogens with zero attached hydrogens (tertiary/aromatic N) is 1. The van der Waals surface area contributed by atoms with Crippen molar-refractivity contribution < 1.29 is 14.7 Å². The molecule has 2 N–H and O–H groups in total. The molecule has 0 bridgehead atoms. The Morgan fingerprint density at radius 2 is 1.67 bits per heavy atom. The van der Waals surface area contributed by atoms with E-state index in [4.69, 9.17) is 0 Å². The third kappa shape index (κ3) is 8.38. The van der Waals surface area contributed by atoms with Gasteiger partial charge in [-0.05, 0) is 92.1 Å². The van der Waals surface area contributed by atoms with Crippen molar-refractivity contribution in [2.75, 3.05) is 25.1 Å². The van der Waals surface area contributed by atoms with Crippen LogP contribution in [0.2, 0.25) is 0 Å². The van der Waals surface area contributed by atoms with E-state index in [2.05, 4.69) is 43.1 Å². The zero-order valence-electron chi connectivity index (χ0n) is 22.7. The third-order valence-corrected chi connectivity index (χ3v) is 7.39. The van der Waals surface area contributed by atoms with Crippen LogP contribution in [-0.2, 0) is 4.79 Å². The van der Waals surface area contributed by atoms with Crippen LogP contribution in [0, 0.1) is 6.92 Å². The highest BCUT2D eigenvalue weighted by Crippen LogP contribution is 2.33. The Hall–Kier alpha value is -2.31. The standard InChI is InChI=1S/C30H44N2O3S/c1-6-9-18-32(19-10-7-2)28(8-3)23-15-16-25(26(21-23)24-14-12-11-13-22(24)4)29(33)31-27(30(34)35)17-20-36-5/h11-16,21,27-28H,6-10,17-20H2,1-5H3,(H,31,33)(H,34,35).